The van der Waals surface area contributed by atoms with Crippen molar-refractivity contribution in [1.82, 2.24) is 14.4 Å². The van der Waals surface area contributed by atoms with E-state index in [2.05, 4.69) is 32.3 Å². The lowest BCUT2D eigenvalue weighted by atomic mass is 10.1. The molecule has 8 nitrogen and oxygen atoms in total. The molecule has 1 N–H and O–H groups in total. The lowest BCUT2D eigenvalue weighted by Gasteiger charge is -2.17. The van der Waals surface area contributed by atoms with Crippen molar-refractivity contribution in [2.75, 3.05) is 45.6 Å². The molecule has 0 spiro atoms. The van der Waals surface area contributed by atoms with Crippen LogP contribution in [0.4, 0.5) is 11.5 Å². The van der Waals surface area contributed by atoms with Crippen LogP contribution >= 0.6 is 0 Å². The van der Waals surface area contributed by atoms with Crippen molar-refractivity contribution in [3.8, 4) is 28.5 Å². The van der Waals surface area contributed by atoms with Crippen molar-refractivity contribution in [3.63, 3.8) is 0 Å². The number of nitrogens with one attached hydrogen (secondary N) is 1. The normalized spacial score (nSPS) is 10.8. The molecule has 0 unspecified atom stereocenters. The fourth-order valence-corrected chi connectivity index (χ4v) is 3.75. The third-order valence-electron chi connectivity index (χ3n) is 5.27. The maximum atomic E-state index is 5.46. The average molecular weight is 434 g/mol. The first kappa shape index (κ1) is 21.3. The van der Waals surface area contributed by atoms with Gasteiger partial charge in [0.25, 0.3) is 0 Å². The van der Waals surface area contributed by atoms with E-state index in [9.17, 15) is 0 Å². The number of methoxy groups -OCH3 is 3. The molecule has 0 radical (unpaired) electrons. The van der Waals surface area contributed by atoms with Gasteiger partial charge in [0.2, 0.25) is 5.75 Å². The van der Waals surface area contributed by atoms with Crippen LogP contribution < -0.4 is 24.4 Å². The van der Waals surface area contributed by atoms with Gasteiger partial charge in [-0.15, -0.1) is 0 Å². The van der Waals surface area contributed by atoms with Gasteiger partial charge in [0.1, 0.15) is 0 Å². The summed E-state index contributed by atoms with van der Waals surface area (Å²) in [6, 6.07) is 12.1. The van der Waals surface area contributed by atoms with Crippen molar-refractivity contribution in [2.24, 2.45) is 0 Å². The molecular weight excluding hydrogens is 406 g/mol. The van der Waals surface area contributed by atoms with Crippen LogP contribution in [-0.4, -0.2) is 49.8 Å². The van der Waals surface area contributed by atoms with Gasteiger partial charge in [0, 0.05) is 44.3 Å². The van der Waals surface area contributed by atoms with Gasteiger partial charge < -0.3 is 24.4 Å². The summed E-state index contributed by atoms with van der Waals surface area (Å²) in [7, 11) is 8.87. The summed E-state index contributed by atoms with van der Waals surface area (Å²) in [4.78, 5) is 11.3. The number of hydrogen-bond donors (Lipinski definition) is 1. The van der Waals surface area contributed by atoms with Crippen molar-refractivity contribution in [2.45, 2.75) is 6.54 Å². The Morgan fingerprint density at radius 2 is 1.69 bits per heavy atom. The van der Waals surface area contributed by atoms with Crippen LogP contribution in [0.2, 0.25) is 0 Å². The minimum Gasteiger partial charge on any atom is -0.493 e. The van der Waals surface area contributed by atoms with Crippen LogP contribution in [0.15, 0.2) is 55.0 Å². The lowest BCUT2D eigenvalue weighted by Crippen LogP contribution is -2.10. The number of ether oxygens (including phenoxy) is 3. The summed E-state index contributed by atoms with van der Waals surface area (Å²) in [6.45, 7) is 0.514. The number of hydrogen-bond acceptors (Lipinski definition) is 7. The van der Waals surface area contributed by atoms with Gasteiger partial charge in [0.05, 0.1) is 33.2 Å². The molecule has 0 aliphatic rings. The summed E-state index contributed by atoms with van der Waals surface area (Å²) in [6.07, 6.45) is 5.58. The molecule has 4 rings (SSSR count). The third kappa shape index (κ3) is 3.87. The van der Waals surface area contributed by atoms with Crippen molar-refractivity contribution >= 4 is 17.2 Å². The summed E-state index contributed by atoms with van der Waals surface area (Å²) < 4.78 is 18.4. The van der Waals surface area contributed by atoms with E-state index in [-0.39, 0.29) is 0 Å². The summed E-state index contributed by atoms with van der Waals surface area (Å²) in [5, 5.41) is 3.39. The molecule has 2 aromatic carbocycles. The van der Waals surface area contributed by atoms with E-state index in [0.717, 1.165) is 28.2 Å². The zero-order valence-electron chi connectivity index (χ0n) is 18.9. The van der Waals surface area contributed by atoms with Crippen molar-refractivity contribution in [3.05, 3.63) is 60.6 Å². The summed E-state index contributed by atoms with van der Waals surface area (Å²) in [5.41, 5.74) is 4.95. The maximum absolute atomic E-state index is 5.46. The molecule has 32 heavy (non-hydrogen) atoms. The molecule has 2 aromatic heterocycles. The summed E-state index contributed by atoms with van der Waals surface area (Å²) in [5.74, 6) is 2.47. The smallest absolute Gasteiger partial charge is 0.203 e. The van der Waals surface area contributed by atoms with E-state index in [1.54, 1.807) is 27.5 Å². The highest BCUT2D eigenvalue weighted by Gasteiger charge is 2.16. The molecule has 166 valence electrons. The number of fused-ring (bicyclic) bond motifs is 1. The highest BCUT2D eigenvalue weighted by molar-refractivity contribution is 5.79. The Hall–Kier alpha value is -3.94. The first-order valence-corrected chi connectivity index (χ1v) is 10.2. The largest absolute Gasteiger partial charge is 0.493 e. The van der Waals surface area contributed by atoms with Gasteiger partial charge in [-0.3, -0.25) is 4.40 Å². The predicted molar refractivity (Wildman–Crippen MR) is 126 cm³/mol. The topological polar surface area (TPSA) is 73.2 Å². The quantitative estimate of drug-likeness (QED) is 0.448. The SMILES string of the molecule is COc1cc(CNc2nccn3c(-c4ccccc4N(C)C)cnc23)cc(OC)c1OC. The Balaban J connectivity index is 1.67. The minimum atomic E-state index is 0.514. The lowest BCUT2D eigenvalue weighted by molar-refractivity contribution is 0.324. The molecule has 0 aliphatic heterocycles. The fourth-order valence-electron chi connectivity index (χ4n) is 3.75. The maximum Gasteiger partial charge on any atom is 0.203 e. The van der Waals surface area contributed by atoms with Gasteiger partial charge >= 0.3 is 0 Å². The number of nitrogens with zero attached hydrogens (tertiary/aromatic N) is 4. The monoisotopic (exact) mass is 433 g/mol. The van der Waals surface area contributed by atoms with E-state index in [4.69, 9.17) is 14.2 Å². The van der Waals surface area contributed by atoms with Gasteiger partial charge in [-0.25, -0.2) is 9.97 Å². The fraction of sp³-hybridized carbons (Fsp3) is 0.250. The number of anilines is 2. The zero-order valence-corrected chi connectivity index (χ0v) is 18.9. The number of imidazole rings is 1. The second-order valence-corrected chi connectivity index (χ2v) is 7.41. The molecule has 0 aliphatic carbocycles. The molecular formula is C24H27N5O3. The molecule has 0 atom stereocenters. The van der Waals surface area contributed by atoms with E-state index in [1.165, 1.54) is 0 Å². The first-order chi connectivity index (χ1) is 15.6. The molecule has 0 fully saturated rings. The molecule has 0 bridgehead atoms. The van der Waals surface area contributed by atoms with E-state index >= 15 is 0 Å². The third-order valence-corrected chi connectivity index (χ3v) is 5.27. The molecule has 2 heterocycles. The van der Waals surface area contributed by atoms with Crippen LogP contribution in [0.1, 0.15) is 5.56 Å². The van der Waals surface area contributed by atoms with Crippen LogP contribution in [0.25, 0.3) is 16.9 Å². The Bertz CT molecular complexity index is 1210. The van der Waals surface area contributed by atoms with Gasteiger partial charge in [-0.1, -0.05) is 18.2 Å². The Morgan fingerprint density at radius 3 is 2.34 bits per heavy atom. The highest BCUT2D eigenvalue weighted by Crippen LogP contribution is 2.38. The van der Waals surface area contributed by atoms with E-state index < -0.39 is 0 Å². The van der Waals surface area contributed by atoms with Gasteiger partial charge in [0.15, 0.2) is 23.0 Å². The number of aromatic nitrogens is 3. The molecule has 0 saturated carbocycles. The Labute approximate surface area is 187 Å². The van der Waals surface area contributed by atoms with Crippen LogP contribution in [0.5, 0.6) is 17.2 Å². The van der Waals surface area contributed by atoms with Crippen LogP contribution in [0, 0.1) is 0 Å². The standard InChI is InChI=1S/C24H27N5O3/c1-28(2)18-9-7-6-8-17(18)19-15-27-24-23(25-10-11-29(19)24)26-14-16-12-20(30-3)22(32-5)21(13-16)31-4/h6-13,15H,14H2,1-5H3,(H,25,26). The Kier molecular flexibility index (Phi) is 6.02. The highest BCUT2D eigenvalue weighted by atomic mass is 16.5. The number of benzene rings is 2. The average Bonchev–Trinajstić information content (AvgIpc) is 3.26. The summed E-state index contributed by atoms with van der Waals surface area (Å²) >= 11 is 0. The zero-order chi connectivity index (χ0) is 22.7. The van der Waals surface area contributed by atoms with Crippen LogP contribution in [0.3, 0.4) is 0 Å². The second-order valence-electron chi connectivity index (χ2n) is 7.41. The van der Waals surface area contributed by atoms with E-state index in [0.29, 0.717) is 29.6 Å². The van der Waals surface area contributed by atoms with E-state index in [1.807, 2.05) is 55.2 Å². The van der Waals surface area contributed by atoms with Crippen molar-refractivity contribution in [1.29, 1.82) is 0 Å². The second kappa shape index (κ2) is 9.05. The molecule has 0 amide bonds. The molecule has 4 aromatic rings. The van der Waals surface area contributed by atoms with Crippen molar-refractivity contribution < 1.29 is 14.2 Å². The molecule has 8 heteroatoms. The first-order valence-electron chi connectivity index (χ1n) is 10.2. The molecule has 0 saturated heterocycles. The number of para-hydroxylation sites is 1. The number of rotatable bonds is 8. The predicted octanol–water partition coefficient (Wildman–Crippen LogP) is 4.10. The van der Waals surface area contributed by atoms with Gasteiger partial charge in [-0.05, 0) is 23.8 Å². The minimum absolute atomic E-state index is 0.514. The Morgan fingerprint density at radius 1 is 0.969 bits per heavy atom. The van der Waals surface area contributed by atoms with Gasteiger partial charge in [-0.2, -0.15) is 0 Å². The van der Waals surface area contributed by atoms with Crippen LogP contribution in [-0.2, 0) is 6.54 Å².